The molecule has 1 atom stereocenters. The predicted octanol–water partition coefficient (Wildman–Crippen LogP) is 3.00. The molecular weight excluding hydrogens is 460 g/mol. The van der Waals surface area contributed by atoms with Crippen LogP contribution < -0.4 is 10.6 Å². The van der Waals surface area contributed by atoms with Gasteiger partial charge in [-0.05, 0) is 42.8 Å². The van der Waals surface area contributed by atoms with Gasteiger partial charge < -0.3 is 25.2 Å². The van der Waals surface area contributed by atoms with Crippen molar-refractivity contribution >= 4 is 35.0 Å². The molecule has 2 saturated heterocycles. The van der Waals surface area contributed by atoms with Gasteiger partial charge in [-0.2, -0.15) is 0 Å². The molecule has 0 aliphatic carbocycles. The van der Waals surface area contributed by atoms with Crippen molar-refractivity contribution < 1.29 is 23.9 Å². The minimum Gasteiger partial charge on any atom is -0.378 e. The molecule has 1 unspecified atom stereocenters. The van der Waals surface area contributed by atoms with Crippen molar-refractivity contribution in [3.63, 3.8) is 0 Å². The summed E-state index contributed by atoms with van der Waals surface area (Å²) in [6.07, 6.45) is 2.14. The zero-order chi connectivity index (χ0) is 25.5. The Hall–Kier alpha value is -3.72. The van der Waals surface area contributed by atoms with Gasteiger partial charge in [-0.1, -0.05) is 25.5 Å². The van der Waals surface area contributed by atoms with Gasteiger partial charge in [0.05, 0.1) is 30.4 Å². The Morgan fingerprint density at radius 3 is 2.44 bits per heavy atom. The van der Waals surface area contributed by atoms with Gasteiger partial charge in [-0.15, -0.1) is 0 Å². The van der Waals surface area contributed by atoms with Crippen molar-refractivity contribution in [3.8, 4) is 0 Å². The summed E-state index contributed by atoms with van der Waals surface area (Å²) in [7, 11) is 0. The van der Waals surface area contributed by atoms with Crippen LogP contribution in [0.4, 0.5) is 11.4 Å². The first-order valence-electron chi connectivity index (χ1n) is 12.4. The quantitative estimate of drug-likeness (QED) is 0.589. The van der Waals surface area contributed by atoms with E-state index in [1.807, 2.05) is 0 Å². The van der Waals surface area contributed by atoms with E-state index in [2.05, 4.69) is 17.6 Å². The second-order valence-electron chi connectivity index (χ2n) is 9.07. The van der Waals surface area contributed by atoms with Crippen LogP contribution in [0.2, 0.25) is 0 Å². The summed E-state index contributed by atoms with van der Waals surface area (Å²) < 4.78 is 5.32. The number of rotatable bonds is 8. The van der Waals surface area contributed by atoms with Crippen molar-refractivity contribution in [1.29, 1.82) is 0 Å². The number of nitrogens with zero attached hydrogens (tertiary/aromatic N) is 2. The zero-order valence-corrected chi connectivity index (χ0v) is 20.5. The van der Waals surface area contributed by atoms with Crippen molar-refractivity contribution in [2.45, 2.75) is 26.2 Å². The maximum Gasteiger partial charge on any atom is 0.256 e. The maximum absolute atomic E-state index is 12.9. The Balaban J connectivity index is 1.35. The lowest BCUT2D eigenvalue weighted by Crippen LogP contribution is -2.41. The third-order valence-electron chi connectivity index (χ3n) is 6.49. The van der Waals surface area contributed by atoms with Crippen molar-refractivity contribution in [3.05, 3.63) is 59.7 Å². The number of likely N-dealkylation sites (tertiary alicyclic amines) is 1. The van der Waals surface area contributed by atoms with Crippen LogP contribution in [0.3, 0.4) is 0 Å². The van der Waals surface area contributed by atoms with Gasteiger partial charge in [0.25, 0.3) is 11.8 Å². The summed E-state index contributed by atoms with van der Waals surface area (Å²) >= 11 is 0. The number of ether oxygens (including phenoxy) is 1. The Bertz CT molecular complexity index is 1110. The summed E-state index contributed by atoms with van der Waals surface area (Å²) in [5.74, 6) is -1.06. The number of morpholine rings is 1. The van der Waals surface area contributed by atoms with Crippen LogP contribution in [0.1, 0.15) is 46.9 Å². The lowest BCUT2D eigenvalue weighted by Gasteiger charge is -2.27. The number of carbonyl (C=O) groups is 4. The fourth-order valence-electron chi connectivity index (χ4n) is 4.37. The topological polar surface area (TPSA) is 108 Å². The molecule has 0 saturated carbocycles. The number of anilines is 2. The summed E-state index contributed by atoms with van der Waals surface area (Å²) in [4.78, 5) is 54.1. The highest BCUT2D eigenvalue weighted by atomic mass is 16.5. The van der Waals surface area contributed by atoms with Gasteiger partial charge >= 0.3 is 0 Å². The second kappa shape index (κ2) is 11.8. The number of hydrogen-bond donors (Lipinski definition) is 2. The molecule has 190 valence electrons. The molecule has 2 aromatic rings. The normalized spacial score (nSPS) is 17.7. The Morgan fingerprint density at radius 1 is 1.00 bits per heavy atom. The largest absolute Gasteiger partial charge is 0.378 e. The number of benzene rings is 2. The monoisotopic (exact) mass is 492 g/mol. The third kappa shape index (κ3) is 6.09. The van der Waals surface area contributed by atoms with Gasteiger partial charge in [0.15, 0.2) is 0 Å². The molecule has 4 rings (SSSR count). The molecule has 0 aromatic heterocycles. The SMILES string of the molecule is CCCCN1CC(C(=O)Nc2ccc(C(=O)Nc3ccccc3C(=O)N3CCOCC3)cc2)CC1=O. The second-order valence-corrected chi connectivity index (χ2v) is 9.07. The average molecular weight is 493 g/mol. The van der Waals surface area contributed by atoms with E-state index in [1.165, 1.54) is 0 Å². The van der Waals surface area contributed by atoms with E-state index in [0.717, 1.165) is 12.8 Å². The van der Waals surface area contributed by atoms with Gasteiger partial charge in [-0.25, -0.2) is 0 Å². The van der Waals surface area contributed by atoms with E-state index in [9.17, 15) is 19.2 Å². The zero-order valence-electron chi connectivity index (χ0n) is 20.5. The van der Waals surface area contributed by atoms with Crippen LogP contribution in [-0.2, 0) is 14.3 Å². The summed E-state index contributed by atoms with van der Waals surface area (Å²) in [6.45, 7) is 5.21. The molecule has 2 aliphatic heterocycles. The maximum atomic E-state index is 12.9. The van der Waals surface area contributed by atoms with Crippen LogP contribution in [0.25, 0.3) is 0 Å². The molecule has 36 heavy (non-hydrogen) atoms. The summed E-state index contributed by atoms with van der Waals surface area (Å²) in [5.41, 5.74) is 1.81. The molecule has 9 heteroatoms. The van der Waals surface area contributed by atoms with Gasteiger partial charge in [0, 0.05) is 43.9 Å². The first-order valence-corrected chi connectivity index (χ1v) is 12.4. The number of amides is 4. The minimum absolute atomic E-state index is 0.0167. The Labute approximate surface area is 210 Å². The van der Waals surface area contributed by atoms with E-state index >= 15 is 0 Å². The predicted molar refractivity (Wildman–Crippen MR) is 136 cm³/mol. The van der Waals surface area contributed by atoms with Crippen LogP contribution in [-0.4, -0.2) is 72.8 Å². The minimum atomic E-state index is -0.377. The van der Waals surface area contributed by atoms with E-state index in [1.54, 1.807) is 58.3 Å². The summed E-state index contributed by atoms with van der Waals surface area (Å²) in [6, 6.07) is 13.5. The van der Waals surface area contributed by atoms with E-state index in [4.69, 9.17) is 4.74 Å². The van der Waals surface area contributed by atoms with Crippen LogP contribution in [0.5, 0.6) is 0 Å². The standard InChI is InChI=1S/C27H32N4O5/c1-2-3-12-31-18-20(17-24(31)32)26(34)28-21-10-8-19(9-11-21)25(33)29-23-7-5-4-6-22(23)27(35)30-13-15-36-16-14-30/h4-11,20H,2-3,12-18H2,1H3,(H,28,34)(H,29,33). The van der Waals surface area contributed by atoms with E-state index in [-0.39, 0.29) is 36.0 Å². The molecule has 0 bridgehead atoms. The number of para-hydroxylation sites is 1. The van der Waals surface area contributed by atoms with E-state index < -0.39 is 0 Å². The molecule has 0 radical (unpaired) electrons. The molecule has 9 nitrogen and oxygen atoms in total. The summed E-state index contributed by atoms with van der Waals surface area (Å²) in [5, 5.41) is 5.68. The van der Waals surface area contributed by atoms with Gasteiger partial charge in [-0.3, -0.25) is 19.2 Å². The number of carbonyl (C=O) groups excluding carboxylic acids is 4. The van der Waals surface area contributed by atoms with Crippen LogP contribution >= 0.6 is 0 Å². The number of nitrogens with one attached hydrogen (secondary N) is 2. The van der Waals surface area contributed by atoms with Crippen LogP contribution in [0.15, 0.2) is 48.5 Å². The highest BCUT2D eigenvalue weighted by Crippen LogP contribution is 2.22. The molecule has 2 fully saturated rings. The van der Waals surface area contributed by atoms with E-state index in [0.29, 0.717) is 61.9 Å². The van der Waals surface area contributed by atoms with Gasteiger partial charge in [0.1, 0.15) is 0 Å². The molecular formula is C27H32N4O5. The first-order chi connectivity index (χ1) is 17.5. The van der Waals surface area contributed by atoms with Crippen molar-refractivity contribution in [2.75, 3.05) is 50.0 Å². The molecule has 2 N–H and O–H groups in total. The lowest BCUT2D eigenvalue weighted by molar-refractivity contribution is -0.128. The molecule has 2 heterocycles. The lowest BCUT2D eigenvalue weighted by atomic mass is 10.1. The smallest absolute Gasteiger partial charge is 0.256 e. The van der Waals surface area contributed by atoms with Gasteiger partial charge in [0.2, 0.25) is 11.8 Å². The fraction of sp³-hybridized carbons (Fsp3) is 0.407. The molecule has 2 aromatic carbocycles. The fourth-order valence-corrected chi connectivity index (χ4v) is 4.37. The van der Waals surface area contributed by atoms with Crippen LogP contribution in [0, 0.1) is 5.92 Å². The number of hydrogen-bond acceptors (Lipinski definition) is 5. The Morgan fingerprint density at radius 2 is 1.72 bits per heavy atom. The first kappa shape index (κ1) is 25.4. The van der Waals surface area contributed by atoms with Crippen molar-refractivity contribution in [2.24, 2.45) is 5.92 Å². The number of unbranched alkanes of at least 4 members (excludes halogenated alkanes) is 1. The highest BCUT2D eigenvalue weighted by Gasteiger charge is 2.33. The average Bonchev–Trinajstić information content (AvgIpc) is 3.28. The van der Waals surface area contributed by atoms with Crippen molar-refractivity contribution in [1.82, 2.24) is 9.80 Å². The Kier molecular flexibility index (Phi) is 8.32. The molecule has 2 aliphatic rings. The third-order valence-corrected chi connectivity index (χ3v) is 6.49. The molecule has 4 amide bonds. The molecule has 0 spiro atoms. The highest BCUT2D eigenvalue weighted by molar-refractivity contribution is 6.09.